The van der Waals surface area contributed by atoms with E-state index in [0.717, 1.165) is 12.1 Å². The minimum Gasteiger partial charge on any atom is -0.339 e. The highest BCUT2D eigenvalue weighted by Crippen LogP contribution is 2.18. The third kappa shape index (κ3) is 2.56. The van der Waals surface area contributed by atoms with Gasteiger partial charge in [0.25, 0.3) is 0 Å². The van der Waals surface area contributed by atoms with Crippen molar-refractivity contribution in [2.75, 3.05) is 0 Å². The number of hydrogen-bond donors (Lipinski definition) is 0. The molecule has 0 saturated heterocycles. The van der Waals surface area contributed by atoms with Crippen molar-refractivity contribution in [2.24, 2.45) is 0 Å². The van der Waals surface area contributed by atoms with Crippen LogP contribution in [0, 0.1) is 11.6 Å². The van der Waals surface area contributed by atoms with Crippen LogP contribution in [0.5, 0.6) is 0 Å². The van der Waals surface area contributed by atoms with Crippen LogP contribution in [0.15, 0.2) is 41.2 Å². The predicted octanol–water partition coefficient (Wildman–Crippen LogP) is 2.45. The predicted molar refractivity (Wildman–Crippen MR) is 65.6 cm³/mol. The van der Waals surface area contributed by atoms with Crippen LogP contribution in [0.3, 0.4) is 0 Å². The van der Waals surface area contributed by atoms with E-state index in [-0.39, 0.29) is 5.82 Å². The zero-order valence-corrected chi connectivity index (χ0v) is 10.3. The summed E-state index contributed by atoms with van der Waals surface area (Å²) in [5.74, 6) is -1.19. The lowest BCUT2D eigenvalue weighted by molar-refractivity contribution is 0.369. The molecule has 0 N–H and O–H groups in total. The molecule has 2 aromatic heterocycles. The summed E-state index contributed by atoms with van der Waals surface area (Å²) in [6.07, 6.45) is 4.02. The molecule has 0 saturated carbocycles. The van der Waals surface area contributed by atoms with Crippen molar-refractivity contribution in [3.05, 3.63) is 54.2 Å². The van der Waals surface area contributed by atoms with Gasteiger partial charge in [0.05, 0.1) is 0 Å². The van der Waals surface area contributed by atoms with Gasteiger partial charge in [0, 0.05) is 30.9 Å². The molecule has 0 aliphatic carbocycles. The summed E-state index contributed by atoms with van der Waals surface area (Å²) in [6, 6.07) is 5.29. The largest absolute Gasteiger partial charge is 0.339 e. The van der Waals surface area contributed by atoms with E-state index in [0.29, 0.717) is 24.4 Å². The van der Waals surface area contributed by atoms with Crippen LogP contribution < -0.4 is 0 Å². The summed E-state index contributed by atoms with van der Waals surface area (Å²) < 4.78 is 32.8. The summed E-state index contributed by atoms with van der Waals surface area (Å²) in [5, 5.41) is 7.81. The summed E-state index contributed by atoms with van der Waals surface area (Å²) >= 11 is 0. The van der Waals surface area contributed by atoms with Crippen molar-refractivity contribution in [1.29, 1.82) is 0 Å². The highest BCUT2D eigenvalue weighted by Gasteiger charge is 2.11. The summed E-state index contributed by atoms with van der Waals surface area (Å²) in [5.41, 5.74) is 0.373. The second-order valence-corrected chi connectivity index (χ2v) is 4.16. The molecule has 3 rings (SSSR count). The Hall–Kier alpha value is -2.57. The fourth-order valence-electron chi connectivity index (χ4n) is 1.75. The molecule has 0 spiro atoms. The monoisotopic (exact) mass is 276 g/mol. The van der Waals surface area contributed by atoms with Crippen LogP contribution in [0.2, 0.25) is 0 Å². The van der Waals surface area contributed by atoms with Gasteiger partial charge in [-0.1, -0.05) is 5.16 Å². The number of benzene rings is 1. The van der Waals surface area contributed by atoms with Crippen molar-refractivity contribution >= 4 is 0 Å². The molecule has 1 aromatic carbocycles. The van der Waals surface area contributed by atoms with Crippen LogP contribution in [0.4, 0.5) is 8.78 Å². The van der Waals surface area contributed by atoms with E-state index in [1.165, 1.54) is 6.07 Å². The van der Waals surface area contributed by atoms with Crippen molar-refractivity contribution in [3.63, 3.8) is 0 Å². The van der Waals surface area contributed by atoms with Gasteiger partial charge in [-0.25, -0.2) is 8.78 Å². The van der Waals surface area contributed by atoms with Gasteiger partial charge in [0.15, 0.2) is 11.6 Å². The van der Waals surface area contributed by atoms with Crippen molar-refractivity contribution in [3.8, 4) is 11.4 Å². The zero-order chi connectivity index (χ0) is 13.9. The second-order valence-electron chi connectivity index (χ2n) is 4.16. The molecular formula is C13H10F2N4O. The first kappa shape index (κ1) is 12.5. The lowest BCUT2D eigenvalue weighted by atomic mass is 10.2. The maximum absolute atomic E-state index is 13.1. The quantitative estimate of drug-likeness (QED) is 0.734. The third-order valence-corrected chi connectivity index (χ3v) is 2.76. The Morgan fingerprint density at radius 3 is 2.85 bits per heavy atom. The highest BCUT2D eigenvalue weighted by atomic mass is 19.2. The second kappa shape index (κ2) is 5.20. The van der Waals surface area contributed by atoms with Gasteiger partial charge in [-0.2, -0.15) is 10.1 Å². The van der Waals surface area contributed by atoms with Crippen LogP contribution in [-0.4, -0.2) is 19.9 Å². The van der Waals surface area contributed by atoms with E-state index in [1.807, 2.05) is 12.3 Å². The van der Waals surface area contributed by atoms with E-state index in [4.69, 9.17) is 4.52 Å². The van der Waals surface area contributed by atoms with E-state index in [2.05, 4.69) is 15.2 Å². The minimum atomic E-state index is -0.939. The van der Waals surface area contributed by atoms with E-state index in [1.54, 1.807) is 10.9 Å². The lowest BCUT2D eigenvalue weighted by Gasteiger charge is -1.96. The Morgan fingerprint density at radius 2 is 2.10 bits per heavy atom. The van der Waals surface area contributed by atoms with Gasteiger partial charge < -0.3 is 4.52 Å². The smallest absolute Gasteiger partial charge is 0.228 e. The molecule has 0 fully saturated rings. The molecule has 20 heavy (non-hydrogen) atoms. The highest BCUT2D eigenvalue weighted by molar-refractivity contribution is 5.54. The van der Waals surface area contributed by atoms with Gasteiger partial charge in [-0.3, -0.25) is 4.68 Å². The fourth-order valence-corrected chi connectivity index (χ4v) is 1.75. The number of rotatable bonds is 4. The standard InChI is InChI=1S/C13H10F2N4O/c14-10-3-2-9(8-11(10)15)13-17-12(20-18-13)4-7-19-6-1-5-16-19/h1-3,5-6,8H,4,7H2. The van der Waals surface area contributed by atoms with Gasteiger partial charge >= 0.3 is 0 Å². The van der Waals surface area contributed by atoms with E-state index < -0.39 is 11.6 Å². The average molecular weight is 276 g/mol. The Labute approximate surface area is 112 Å². The topological polar surface area (TPSA) is 56.7 Å². The minimum absolute atomic E-state index is 0.236. The normalized spacial score (nSPS) is 10.9. The molecule has 7 heteroatoms. The van der Waals surface area contributed by atoms with Crippen LogP contribution >= 0.6 is 0 Å². The van der Waals surface area contributed by atoms with Crippen LogP contribution in [0.25, 0.3) is 11.4 Å². The molecule has 0 amide bonds. The zero-order valence-electron chi connectivity index (χ0n) is 10.3. The van der Waals surface area contributed by atoms with Crippen molar-refractivity contribution in [2.45, 2.75) is 13.0 Å². The molecule has 102 valence electrons. The lowest BCUT2D eigenvalue weighted by Crippen LogP contribution is -2.01. The summed E-state index contributed by atoms with van der Waals surface area (Å²) in [4.78, 5) is 4.14. The Bertz CT molecular complexity index is 709. The van der Waals surface area contributed by atoms with Crippen molar-refractivity contribution < 1.29 is 13.3 Å². The van der Waals surface area contributed by atoms with Gasteiger partial charge in [0.2, 0.25) is 11.7 Å². The molecule has 0 unspecified atom stereocenters. The molecule has 0 aliphatic heterocycles. The molecule has 0 atom stereocenters. The first-order valence-electron chi connectivity index (χ1n) is 5.98. The Kier molecular flexibility index (Phi) is 3.24. The maximum atomic E-state index is 13.1. The molecular weight excluding hydrogens is 266 g/mol. The number of aromatic nitrogens is 4. The van der Waals surface area contributed by atoms with Crippen LogP contribution in [0.1, 0.15) is 5.89 Å². The molecule has 2 heterocycles. The van der Waals surface area contributed by atoms with Gasteiger partial charge in [-0.05, 0) is 24.3 Å². The van der Waals surface area contributed by atoms with Gasteiger partial charge in [-0.15, -0.1) is 0 Å². The number of halogens is 2. The van der Waals surface area contributed by atoms with Crippen LogP contribution in [-0.2, 0) is 13.0 Å². The summed E-state index contributed by atoms with van der Waals surface area (Å²) in [7, 11) is 0. The Balaban J connectivity index is 1.74. The average Bonchev–Trinajstić information content (AvgIpc) is 3.10. The molecule has 3 aromatic rings. The maximum Gasteiger partial charge on any atom is 0.228 e. The van der Waals surface area contributed by atoms with E-state index >= 15 is 0 Å². The summed E-state index contributed by atoms with van der Waals surface area (Å²) in [6.45, 7) is 0.604. The van der Waals surface area contributed by atoms with Crippen molar-refractivity contribution in [1.82, 2.24) is 19.9 Å². The van der Waals surface area contributed by atoms with Gasteiger partial charge in [0.1, 0.15) is 0 Å². The first-order chi connectivity index (χ1) is 9.72. The SMILES string of the molecule is Fc1ccc(-c2noc(CCn3cccn3)n2)cc1F. The fraction of sp³-hybridized carbons (Fsp3) is 0.154. The molecule has 5 nitrogen and oxygen atoms in total. The first-order valence-corrected chi connectivity index (χ1v) is 5.98. The van der Waals surface area contributed by atoms with E-state index in [9.17, 15) is 8.78 Å². The molecule has 0 aliphatic rings. The molecule has 0 bridgehead atoms. The molecule has 0 radical (unpaired) electrons. The number of aryl methyl sites for hydroxylation is 2. The number of hydrogen-bond acceptors (Lipinski definition) is 4. The number of nitrogens with zero attached hydrogens (tertiary/aromatic N) is 4. The third-order valence-electron chi connectivity index (χ3n) is 2.76. The Morgan fingerprint density at radius 1 is 1.20 bits per heavy atom.